The molecule has 0 spiro atoms. The molecule has 3 unspecified atom stereocenters. The standard InChI is InChI=1S/C18H18O4/c19-18(17-10-13-6-2-4-8-16(13)22-17)20-11-14-9-12-5-1-3-7-15(12)21-14/h1-8,14,17-19H,9-11H2. The number of hydrogen-bond acceptors (Lipinski definition) is 4. The maximum Gasteiger partial charge on any atom is 0.192 e. The normalized spacial score (nSPS) is 23.3. The molecule has 0 aliphatic carbocycles. The second kappa shape index (κ2) is 5.63. The summed E-state index contributed by atoms with van der Waals surface area (Å²) in [7, 11) is 0. The van der Waals surface area contributed by atoms with E-state index in [9.17, 15) is 5.11 Å². The molecule has 2 aliphatic rings. The van der Waals surface area contributed by atoms with Gasteiger partial charge in [0.15, 0.2) is 12.4 Å². The van der Waals surface area contributed by atoms with Gasteiger partial charge in [-0.15, -0.1) is 0 Å². The molecule has 22 heavy (non-hydrogen) atoms. The smallest absolute Gasteiger partial charge is 0.192 e. The zero-order valence-corrected chi connectivity index (χ0v) is 12.1. The number of rotatable bonds is 4. The van der Waals surface area contributed by atoms with Crippen LogP contribution in [0.2, 0.25) is 0 Å². The van der Waals surface area contributed by atoms with Crippen LogP contribution in [0.5, 0.6) is 11.5 Å². The van der Waals surface area contributed by atoms with Crippen LogP contribution in [0.4, 0.5) is 0 Å². The van der Waals surface area contributed by atoms with Crippen molar-refractivity contribution in [2.45, 2.75) is 31.3 Å². The van der Waals surface area contributed by atoms with Gasteiger partial charge >= 0.3 is 0 Å². The van der Waals surface area contributed by atoms with E-state index in [0.717, 1.165) is 23.5 Å². The molecule has 4 heteroatoms. The van der Waals surface area contributed by atoms with Gasteiger partial charge in [0.05, 0.1) is 6.61 Å². The van der Waals surface area contributed by atoms with Crippen molar-refractivity contribution in [3.63, 3.8) is 0 Å². The molecule has 2 aromatic carbocycles. The van der Waals surface area contributed by atoms with E-state index >= 15 is 0 Å². The molecule has 0 aromatic heterocycles. The first-order chi connectivity index (χ1) is 10.8. The Morgan fingerprint density at radius 1 is 0.955 bits per heavy atom. The van der Waals surface area contributed by atoms with Crippen molar-refractivity contribution < 1.29 is 19.3 Å². The number of aliphatic hydroxyl groups excluding tert-OH is 1. The Labute approximate surface area is 129 Å². The molecule has 1 N–H and O–H groups in total. The largest absolute Gasteiger partial charge is 0.487 e. The Hall–Kier alpha value is -2.04. The van der Waals surface area contributed by atoms with E-state index < -0.39 is 6.29 Å². The lowest BCUT2D eigenvalue weighted by Crippen LogP contribution is -2.35. The fraction of sp³-hybridized carbons (Fsp3) is 0.333. The van der Waals surface area contributed by atoms with E-state index in [4.69, 9.17) is 14.2 Å². The molecular weight excluding hydrogens is 280 g/mol. The van der Waals surface area contributed by atoms with Gasteiger partial charge in [-0.25, -0.2) is 0 Å². The van der Waals surface area contributed by atoms with Gasteiger partial charge in [-0.3, -0.25) is 0 Å². The Kier molecular flexibility index (Phi) is 3.48. The third-order valence-electron chi connectivity index (χ3n) is 4.16. The molecule has 114 valence electrons. The third-order valence-corrected chi connectivity index (χ3v) is 4.16. The van der Waals surface area contributed by atoms with Crippen molar-refractivity contribution >= 4 is 0 Å². The summed E-state index contributed by atoms with van der Waals surface area (Å²) in [4.78, 5) is 0. The number of para-hydroxylation sites is 2. The highest BCUT2D eigenvalue weighted by atomic mass is 16.6. The van der Waals surface area contributed by atoms with E-state index in [-0.39, 0.29) is 12.2 Å². The average molecular weight is 298 g/mol. The summed E-state index contributed by atoms with van der Waals surface area (Å²) in [5.74, 6) is 1.75. The molecule has 3 atom stereocenters. The van der Waals surface area contributed by atoms with Crippen molar-refractivity contribution in [3.8, 4) is 11.5 Å². The van der Waals surface area contributed by atoms with Crippen LogP contribution in [-0.2, 0) is 17.6 Å². The molecule has 0 fully saturated rings. The van der Waals surface area contributed by atoms with Crippen LogP contribution in [-0.4, -0.2) is 30.2 Å². The quantitative estimate of drug-likeness (QED) is 0.880. The lowest BCUT2D eigenvalue weighted by Gasteiger charge is -2.20. The molecule has 4 rings (SSSR count). The fourth-order valence-corrected chi connectivity index (χ4v) is 3.03. The van der Waals surface area contributed by atoms with Crippen LogP contribution in [0, 0.1) is 0 Å². The third kappa shape index (κ3) is 2.56. The molecule has 2 aliphatic heterocycles. The van der Waals surface area contributed by atoms with Crippen LogP contribution < -0.4 is 9.47 Å². The number of fused-ring (bicyclic) bond motifs is 2. The Balaban J connectivity index is 1.31. The minimum absolute atomic E-state index is 0.0455. The van der Waals surface area contributed by atoms with Crippen LogP contribution in [0.25, 0.3) is 0 Å². The minimum atomic E-state index is -0.945. The molecule has 2 heterocycles. The van der Waals surface area contributed by atoms with Crippen molar-refractivity contribution in [1.29, 1.82) is 0 Å². The highest BCUT2D eigenvalue weighted by Crippen LogP contribution is 2.31. The van der Waals surface area contributed by atoms with Crippen LogP contribution >= 0.6 is 0 Å². The fourth-order valence-electron chi connectivity index (χ4n) is 3.03. The number of hydrogen-bond donors (Lipinski definition) is 1. The topological polar surface area (TPSA) is 47.9 Å². The zero-order chi connectivity index (χ0) is 14.9. The minimum Gasteiger partial charge on any atom is -0.487 e. The predicted molar refractivity (Wildman–Crippen MR) is 81.1 cm³/mol. The van der Waals surface area contributed by atoms with Gasteiger partial charge in [-0.2, -0.15) is 0 Å². The van der Waals surface area contributed by atoms with Crippen molar-refractivity contribution in [2.75, 3.05) is 6.61 Å². The highest BCUT2D eigenvalue weighted by molar-refractivity contribution is 5.38. The molecule has 0 bridgehead atoms. The van der Waals surface area contributed by atoms with E-state index in [1.807, 2.05) is 42.5 Å². The van der Waals surface area contributed by atoms with Gasteiger partial charge in [-0.05, 0) is 23.3 Å². The molecule has 0 radical (unpaired) electrons. The van der Waals surface area contributed by atoms with Gasteiger partial charge in [0, 0.05) is 12.8 Å². The predicted octanol–water partition coefficient (Wildman–Crippen LogP) is 2.33. The second-order valence-corrected chi connectivity index (χ2v) is 5.74. The first-order valence-electron chi connectivity index (χ1n) is 7.58. The van der Waals surface area contributed by atoms with Gasteiger partial charge < -0.3 is 19.3 Å². The molecule has 0 saturated carbocycles. The van der Waals surface area contributed by atoms with Gasteiger partial charge in [0.1, 0.15) is 17.6 Å². The lowest BCUT2D eigenvalue weighted by molar-refractivity contribution is -0.159. The summed E-state index contributed by atoms with van der Waals surface area (Å²) < 4.78 is 17.1. The van der Waals surface area contributed by atoms with Gasteiger partial charge in [0.25, 0.3) is 0 Å². The Morgan fingerprint density at radius 3 is 2.27 bits per heavy atom. The summed E-state index contributed by atoms with van der Waals surface area (Å²) in [5, 5.41) is 10.2. The highest BCUT2D eigenvalue weighted by Gasteiger charge is 2.31. The maximum absolute atomic E-state index is 10.2. The van der Waals surface area contributed by atoms with E-state index in [1.165, 1.54) is 5.56 Å². The summed E-state index contributed by atoms with van der Waals surface area (Å²) in [5.41, 5.74) is 2.30. The average Bonchev–Trinajstić information content (AvgIpc) is 3.15. The first-order valence-corrected chi connectivity index (χ1v) is 7.58. The van der Waals surface area contributed by atoms with E-state index in [2.05, 4.69) is 6.07 Å². The molecule has 0 saturated heterocycles. The van der Waals surface area contributed by atoms with Crippen molar-refractivity contribution in [1.82, 2.24) is 0 Å². The molecule has 4 nitrogen and oxygen atoms in total. The maximum atomic E-state index is 10.2. The summed E-state index contributed by atoms with van der Waals surface area (Å²) in [6, 6.07) is 15.8. The zero-order valence-electron chi connectivity index (χ0n) is 12.1. The Morgan fingerprint density at radius 2 is 1.59 bits per heavy atom. The van der Waals surface area contributed by atoms with Gasteiger partial charge in [-0.1, -0.05) is 36.4 Å². The van der Waals surface area contributed by atoms with Crippen molar-refractivity contribution in [2.24, 2.45) is 0 Å². The lowest BCUT2D eigenvalue weighted by atomic mass is 10.1. The SMILES string of the molecule is OC(OCC1Cc2ccccc2O1)C1Cc2ccccc2O1. The summed E-state index contributed by atoms with van der Waals surface area (Å²) in [6.07, 6.45) is 0.147. The van der Waals surface area contributed by atoms with E-state index in [1.54, 1.807) is 0 Å². The monoisotopic (exact) mass is 298 g/mol. The molecule has 0 amide bonds. The first kappa shape index (κ1) is 13.6. The van der Waals surface area contributed by atoms with Crippen LogP contribution in [0.1, 0.15) is 11.1 Å². The summed E-state index contributed by atoms with van der Waals surface area (Å²) in [6.45, 7) is 0.353. The number of benzene rings is 2. The number of aliphatic hydroxyl groups is 1. The molecule has 2 aromatic rings. The second-order valence-electron chi connectivity index (χ2n) is 5.74. The molecular formula is C18H18O4. The van der Waals surface area contributed by atoms with E-state index in [0.29, 0.717) is 13.0 Å². The number of ether oxygens (including phenoxy) is 3. The van der Waals surface area contributed by atoms with Crippen molar-refractivity contribution in [3.05, 3.63) is 59.7 Å². The van der Waals surface area contributed by atoms with Gasteiger partial charge in [0.2, 0.25) is 0 Å². The Bertz CT molecular complexity index is 620. The van der Waals surface area contributed by atoms with Crippen LogP contribution in [0.3, 0.4) is 0 Å². The van der Waals surface area contributed by atoms with Crippen LogP contribution in [0.15, 0.2) is 48.5 Å². The summed E-state index contributed by atoms with van der Waals surface area (Å²) >= 11 is 0.